The van der Waals surface area contributed by atoms with Gasteiger partial charge < -0.3 is 24.1 Å². The van der Waals surface area contributed by atoms with E-state index in [1.165, 1.54) is 64.5 Å². The van der Waals surface area contributed by atoms with Crippen molar-refractivity contribution < 1.29 is 43.2 Å². The zero-order valence-electron chi connectivity index (χ0n) is 30.7. The van der Waals surface area contributed by atoms with Gasteiger partial charge in [-0.1, -0.05) is 24.3 Å². The van der Waals surface area contributed by atoms with Crippen molar-refractivity contribution in [2.75, 3.05) is 0 Å². The van der Waals surface area contributed by atoms with Crippen LogP contribution in [0.2, 0.25) is 0 Å². The minimum absolute atomic E-state index is 0.0765. The van der Waals surface area contributed by atoms with Crippen LogP contribution in [0.5, 0.6) is 0 Å². The van der Waals surface area contributed by atoms with Gasteiger partial charge in [0.15, 0.2) is 0 Å². The van der Waals surface area contributed by atoms with Crippen LogP contribution in [0.1, 0.15) is 137 Å². The number of aliphatic hydroxyl groups excluding tert-OH is 1. The molecule has 11 unspecified atom stereocenters. The lowest BCUT2D eigenvalue weighted by atomic mass is 9.80. The molecule has 4 bridgehead atoms. The Hall–Kier alpha value is -2.68. The van der Waals surface area contributed by atoms with Crippen LogP contribution < -0.4 is 0 Å². The molecule has 0 aromatic rings. The molecule has 0 saturated heterocycles. The molecular weight excluding hydrogens is 624 g/mol. The number of fused-ring (bicyclic) bond motifs is 7. The predicted molar refractivity (Wildman–Crippen MR) is 186 cm³/mol. The fraction of sp³-hybridized carbons (Fsp3) is 0.800. The molecule has 7 fully saturated rings. The maximum Gasteiger partial charge on any atom is 0.303 e. The molecular formula is C40H62O9. The Morgan fingerprint density at radius 1 is 0.673 bits per heavy atom. The van der Waals surface area contributed by atoms with E-state index < -0.39 is 0 Å². The van der Waals surface area contributed by atoms with Crippen LogP contribution in [0, 0.1) is 35.5 Å². The minimum atomic E-state index is -0.277. The van der Waals surface area contributed by atoms with Crippen LogP contribution in [0.25, 0.3) is 0 Å². The lowest BCUT2D eigenvalue weighted by Crippen LogP contribution is -2.33. The summed E-state index contributed by atoms with van der Waals surface area (Å²) in [5.74, 6) is 3.49. The van der Waals surface area contributed by atoms with Crippen molar-refractivity contribution in [3.8, 4) is 0 Å². The number of carbonyl (C=O) groups is 4. The van der Waals surface area contributed by atoms with Gasteiger partial charge in [0, 0.05) is 40.5 Å². The molecule has 276 valence electrons. The topological polar surface area (TPSA) is 125 Å². The third-order valence-electron chi connectivity index (χ3n) is 11.9. The summed E-state index contributed by atoms with van der Waals surface area (Å²) in [7, 11) is 0. The molecule has 0 radical (unpaired) electrons. The lowest BCUT2D eigenvalue weighted by Gasteiger charge is -2.33. The quantitative estimate of drug-likeness (QED) is 0.181. The minimum Gasteiger partial charge on any atom is -0.463 e. The first-order valence-corrected chi connectivity index (χ1v) is 18.8. The zero-order valence-corrected chi connectivity index (χ0v) is 30.7. The molecule has 49 heavy (non-hydrogen) atoms. The van der Waals surface area contributed by atoms with Crippen molar-refractivity contribution in [3.63, 3.8) is 0 Å². The molecule has 11 atom stereocenters. The Bertz CT molecular complexity index is 1200. The van der Waals surface area contributed by atoms with Gasteiger partial charge in [0.2, 0.25) is 0 Å². The highest BCUT2D eigenvalue weighted by Gasteiger charge is 2.56. The molecule has 0 amide bonds. The number of ether oxygens (including phenoxy) is 4. The van der Waals surface area contributed by atoms with Crippen molar-refractivity contribution in [3.05, 3.63) is 24.3 Å². The highest BCUT2D eigenvalue weighted by Crippen LogP contribution is 2.59. The molecule has 1 N–H and O–H groups in total. The largest absolute Gasteiger partial charge is 0.463 e. The molecule has 9 heteroatoms. The Labute approximate surface area is 293 Å². The van der Waals surface area contributed by atoms with Crippen LogP contribution in [-0.4, -0.2) is 59.0 Å². The molecule has 0 aromatic heterocycles. The molecule has 0 heterocycles. The third-order valence-corrected chi connectivity index (χ3v) is 11.9. The summed E-state index contributed by atoms with van der Waals surface area (Å²) < 4.78 is 20.8. The Morgan fingerprint density at radius 3 is 1.90 bits per heavy atom. The molecule has 7 rings (SSSR count). The van der Waals surface area contributed by atoms with Gasteiger partial charge in [0.1, 0.15) is 23.9 Å². The number of hydrogen-bond donors (Lipinski definition) is 1. The van der Waals surface area contributed by atoms with Gasteiger partial charge in [-0.05, 0) is 132 Å². The molecule has 7 aliphatic rings. The fourth-order valence-corrected chi connectivity index (χ4v) is 10.2. The summed E-state index contributed by atoms with van der Waals surface area (Å²) in [6.07, 6.45) is 17.8. The fourth-order valence-electron chi connectivity index (χ4n) is 10.2. The van der Waals surface area contributed by atoms with Gasteiger partial charge in [-0.3, -0.25) is 19.2 Å². The standard InChI is InChI=1S/C12H18O3.C10H16O2.2C9H14O2/c1-6(13)15-8-4-9-7-2-11(10(9)5-8)12(14)3-7;1-8-5-4-6-10(3,7-8)12-9(2)11;1-6(10)11-9-5-7-2-3-8(9)4-7;1-7-4-3-5-9(6-7)11-8(2)10/h7-12,14H,2-5H2,1H3;1,4-7H2,2-3H3;7-9H,2-5H2,1H3;9H,1,3-6H2,2H3. The summed E-state index contributed by atoms with van der Waals surface area (Å²) in [5, 5.41) is 9.83. The zero-order chi connectivity index (χ0) is 35.9. The second-order valence-corrected chi connectivity index (χ2v) is 16.2. The molecule has 0 aliphatic heterocycles. The highest BCUT2D eigenvalue weighted by molar-refractivity contribution is 5.67. The predicted octanol–water partition coefficient (Wildman–Crippen LogP) is 7.57. The Balaban J connectivity index is 0.000000149. The highest BCUT2D eigenvalue weighted by atomic mass is 16.6. The first-order chi connectivity index (χ1) is 23.1. The van der Waals surface area contributed by atoms with Crippen molar-refractivity contribution >= 4 is 23.9 Å². The number of rotatable bonds is 4. The molecule has 7 saturated carbocycles. The lowest BCUT2D eigenvalue weighted by molar-refractivity contribution is -0.157. The number of hydrogen-bond acceptors (Lipinski definition) is 9. The van der Waals surface area contributed by atoms with Crippen molar-refractivity contribution in [2.45, 2.75) is 167 Å². The van der Waals surface area contributed by atoms with Crippen molar-refractivity contribution in [1.82, 2.24) is 0 Å². The number of esters is 4. The van der Waals surface area contributed by atoms with E-state index in [1.807, 2.05) is 6.92 Å². The maximum atomic E-state index is 10.9. The smallest absolute Gasteiger partial charge is 0.303 e. The van der Waals surface area contributed by atoms with Gasteiger partial charge in [-0.15, -0.1) is 0 Å². The maximum absolute atomic E-state index is 10.9. The van der Waals surface area contributed by atoms with Gasteiger partial charge in [0.05, 0.1) is 6.10 Å². The molecule has 7 aliphatic carbocycles. The van der Waals surface area contributed by atoms with Crippen molar-refractivity contribution in [1.29, 1.82) is 0 Å². The van der Waals surface area contributed by atoms with Crippen LogP contribution in [0.4, 0.5) is 0 Å². The van der Waals surface area contributed by atoms with E-state index in [0.717, 1.165) is 88.9 Å². The van der Waals surface area contributed by atoms with Crippen LogP contribution in [0.3, 0.4) is 0 Å². The van der Waals surface area contributed by atoms with E-state index in [2.05, 4.69) is 13.2 Å². The first-order valence-electron chi connectivity index (χ1n) is 18.8. The van der Waals surface area contributed by atoms with E-state index in [9.17, 15) is 24.3 Å². The summed E-state index contributed by atoms with van der Waals surface area (Å²) in [4.78, 5) is 42.9. The molecule has 0 spiro atoms. The van der Waals surface area contributed by atoms with E-state index in [4.69, 9.17) is 18.9 Å². The van der Waals surface area contributed by atoms with E-state index >= 15 is 0 Å². The second kappa shape index (κ2) is 17.5. The normalized spacial score (nSPS) is 38.0. The summed E-state index contributed by atoms with van der Waals surface area (Å²) in [5.41, 5.74) is 2.13. The monoisotopic (exact) mass is 686 g/mol. The van der Waals surface area contributed by atoms with Gasteiger partial charge in [-0.25, -0.2) is 0 Å². The van der Waals surface area contributed by atoms with E-state index in [0.29, 0.717) is 23.7 Å². The van der Waals surface area contributed by atoms with E-state index in [-0.39, 0.29) is 53.9 Å². The average molecular weight is 687 g/mol. The van der Waals surface area contributed by atoms with Crippen LogP contribution in [0.15, 0.2) is 24.3 Å². The van der Waals surface area contributed by atoms with Gasteiger partial charge in [-0.2, -0.15) is 0 Å². The van der Waals surface area contributed by atoms with Crippen LogP contribution >= 0.6 is 0 Å². The van der Waals surface area contributed by atoms with Crippen molar-refractivity contribution in [2.24, 2.45) is 35.5 Å². The average Bonchev–Trinajstić information content (AvgIpc) is 3.79. The molecule has 0 aromatic carbocycles. The number of carbonyl (C=O) groups excluding carboxylic acids is 4. The summed E-state index contributed by atoms with van der Waals surface area (Å²) in [6.45, 7) is 15.7. The summed E-state index contributed by atoms with van der Waals surface area (Å²) >= 11 is 0. The first kappa shape index (κ1) is 39.1. The van der Waals surface area contributed by atoms with Gasteiger partial charge >= 0.3 is 23.9 Å². The van der Waals surface area contributed by atoms with Gasteiger partial charge in [0.25, 0.3) is 0 Å². The van der Waals surface area contributed by atoms with E-state index in [1.54, 1.807) is 0 Å². The Kier molecular flexibility index (Phi) is 14.0. The van der Waals surface area contributed by atoms with Crippen LogP contribution in [-0.2, 0) is 38.1 Å². The molecule has 9 nitrogen and oxygen atoms in total. The second-order valence-electron chi connectivity index (χ2n) is 16.2. The number of aliphatic hydroxyl groups is 1. The Morgan fingerprint density at radius 2 is 1.33 bits per heavy atom. The third kappa shape index (κ3) is 11.7. The summed E-state index contributed by atoms with van der Waals surface area (Å²) in [6, 6.07) is 0. The SMILES string of the molecule is C=C1CCCC(C)(OC(C)=O)C1.C=C1CCCC(OC(C)=O)C1.CC(=O)OC1CC2C3CC(O)C(C3)C2C1.CC(=O)OC1CC2CCC1C2.